The largest absolute Gasteiger partial charge is 0.378 e. The minimum atomic E-state index is 0. The predicted molar refractivity (Wildman–Crippen MR) is 105 cm³/mol. The second-order valence-corrected chi connectivity index (χ2v) is 6.28. The van der Waals surface area contributed by atoms with E-state index in [-0.39, 0.29) is 30.7 Å². The highest BCUT2D eigenvalue weighted by molar-refractivity contribution is 5.90. The van der Waals surface area contributed by atoms with Crippen molar-refractivity contribution in [1.29, 1.82) is 0 Å². The van der Waals surface area contributed by atoms with Gasteiger partial charge in [0.05, 0.1) is 25.1 Å². The van der Waals surface area contributed by atoms with E-state index in [1.807, 2.05) is 12.1 Å². The average molecular weight is 391 g/mol. The van der Waals surface area contributed by atoms with Crippen molar-refractivity contribution in [1.82, 2.24) is 10.3 Å². The molecule has 3 rings (SSSR count). The first-order chi connectivity index (χ1) is 11.3. The number of halogens is 2. The number of amides is 1. The van der Waals surface area contributed by atoms with Crippen LogP contribution in [0, 0.1) is 5.92 Å². The van der Waals surface area contributed by atoms with Gasteiger partial charge in [-0.3, -0.25) is 4.79 Å². The van der Waals surface area contributed by atoms with Gasteiger partial charge in [0, 0.05) is 19.5 Å². The maximum absolute atomic E-state index is 12.1. The van der Waals surface area contributed by atoms with E-state index in [2.05, 4.69) is 20.5 Å². The Bertz CT molecular complexity index is 504. The molecule has 25 heavy (non-hydrogen) atoms. The molecule has 2 saturated heterocycles. The Labute approximate surface area is 161 Å². The van der Waals surface area contributed by atoms with Crippen LogP contribution in [0.5, 0.6) is 0 Å². The number of pyridine rings is 1. The lowest BCUT2D eigenvalue weighted by Gasteiger charge is -2.27. The van der Waals surface area contributed by atoms with Crippen molar-refractivity contribution < 1.29 is 9.53 Å². The number of nitrogens with one attached hydrogen (secondary N) is 2. The molecular formula is C17H28Cl2N4O2. The lowest BCUT2D eigenvalue weighted by atomic mass is 9.93. The van der Waals surface area contributed by atoms with Crippen LogP contribution in [0.4, 0.5) is 11.5 Å². The van der Waals surface area contributed by atoms with Crippen molar-refractivity contribution in [2.45, 2.75) is 25.7 Å². The van der Waals surface area contributed by atoms with Crippen LogP contribution in [0.15, 0.2) is 18.3 Å². The van der Waals surface area contributed by atoms with Crippen LogP contribution in [0.3, 0.4) is 0 Å². The van der Waals surface area contributed by atoms with E-state index in [0.29, 0.717) is 12.3 Å². The zero-order chi connectivity index (χ0) is 15.9. The van der Waals surface area contributed by atoms with E-state index in [4.69, 9.17) is 4.74 Å². The Balaban J connectivity index is 0.00000156. The molecule has 6 nitrogen and oxygen atoms in total. The van der Waals surface area contributed by atoms with Gasteiger partial charge in [-0.2, -0.15) is 0 Å². The molecule has 2 fully saturated rings. The normalized spacial score (nSPS) is 18.0. The quantitative estimate of drug-likeness (QED) is 0.808. The van der Waals surface area contributed by atoms with E-state index in [0.717, 1.165) is 57.3 Å². The molecule has 8 heteroatoms. The number of ether oxygens (including phenoxy) is 1. The van der Waals surface area contributed by atoms with Gasteiger partial charge < -0.3 is 20.3 Å². The second kappa shape index (κ2) is 11.5. The van der Waals surface area contributed by atoms with Gasteiger partial charge in [-0.25, -0.2) is 4.98 Å². The van der Waals surface area contributed by atoms with E-state index >= 15 is 0 Å². The molecule has 0 unspecified atom stereocenters. The number of rotatable bonds is 5. The van der Waals surface area contributed by atoms with Crippen molar-refractivity contribution in [2.24, 2.45) is 5.92 Å². The number of anilines is 2. The molecule has 0 bridgehead atoms. The summed E-state index contributed by atoms with van der Waals surface area (Å²) in [6.07, 6.45) is 5.68. The monoisotopic (exact) mass is 390 g/mol. The number of morpholine rings is 1. The summed E-state index contributed by atoms with van der Waals surface area (Å²) >= 11 is 0. The Morgan fingerprint density at radius 2 is 1.96 bits per heavy atom. The minimum Gasteiger partial charge on any atom is -0.378 e. The van der Waals surface area contributed by atoms with Crippen molar-refractivity contribution in [3.05, 3.63) is 18.3 Å². The van der Waals surface area contributed by atoms with Gasteiger partial charge in [-0.1, -0.05) is 0 Å². The summed E-state index contributed by atoms with van der Waals surface area (Å²) in [5.41, 5.74) is 0.775. The molecule has 1 amide bonds. The molecule has 0 spiro atoms. The number of nitrogens with zero attached hydrogens (tertiary/aromatic N) is 2. The topological polar surface area (TPSA) is 66.5 Å². The van der Waals surface area contributed by atoms with Gasteiger partial charge >= 0.3 is 0 Å². The highest BCUT2D eigenvalue weighted by Crippen LogP contribution is 2.19. The molecule has 2 N–H and O–H groups in total. The Kier molecular flexibility index (Phi) is 10.1. The highest BCUT2D eigenvalue weighted by atomic mass is 35.5. The van der Waals surface area contributed by atoms with Crippen LogP contribution in [-0.2, 0) is 9.53 Å². The summed E-state index contributed by atoms with van der Waals surface area (Å²) in [5.74, 6) is 1.72. The number of hydrogen-bond acceptors (Lipinski definition) is 5. The molecule has 1 aromatic rings. The first-order valence-electron chi connectivity index (χ1n) is 8.60. The van der Waals surface area contributed by atoms with Crippen LogP contribution in [0.2, 0.25) is 0 Å². The summed E-state index contributed by atoms with van der Waals surface area (Å²) < 4.78 is 5.34. The fraction of sp³-hybridized carbons (Fsp3) is 0.647. The van der Waals surface area contributed by atoms with Gasteiger partial charge in [-0.15, -0.1) is 24.8 Å². The molecule has 0 aromatic carbocycles. The molecule has 2 aliphatic heterocycles. The predicted octanol–water partition coefficient (Wildman–Crippen LogP) is 2.48. The zero-order valence-electron chi connectivity index (χ0n) is 14.4. The van der Waals surface area contributed by atoms with E-state index in [9.17, 15) is 4.79 Å². The first-order valence-corrected chi connectivity index (χ1v) is 8.60. The molecule has 2 aliphatic rings. The molecule has 0 atom stereocenters. The third-order valence-corrected chi connectivity index (χ3v) is 4.61. The number of carbonyl (C=O) groups is 1. The Morgan fingerprint density at radius 1 is 1.24 bits per heavy atom. The fourth-order valence-corrected chi connectivity index (χ4v) is 3.17. The highest BCUT2D eigenvalue weighted by Gasteiger charge is 2.15. The van der Waals surface area contributed by atoms with Crippen molar-refractivity contribution in [3.63, 3.8) is 0 Å². The third-order valence-electron chi connectivity index (χ3n) is 4.61. The van der Waals surface area contributed by atoms with E-state index < -0.39 is 0 Å². The molecule has 0 aliphatic carbocycles. The number of hydrogen-bond donors (Lipinski definition) is 2. The average Bonchev–Trinajstić information content (AvgIpc) is 2.62. The molecule has 142 valence electrons. The molecule has 0 saturated carbocycles. The van der Waals surface area contributed by atoms with Crippen LogP contribution in [0.1, 0.15) is 25.7 Å². The van der Waals surface area contributed by atoms with Gasteiger partial charge in [0.25, 0.3) is 0 Å². The Hall–Kier alpha value is -1.08. The number of carbonyl (C=O) groups excluding carboxylic acids is 1. The van der Waals surface area contributed by atoms with E-state index in [1.54, 1.807) is 6.20 Å². The summed E-state index contributed by atoms with van der Waals surface area (Å²) in [5, 5.41) is 6.31. The van der Waals surface area contributed by atoms with Gasteiger partial charge in [0.2, 0.25) is 5.91 Å². The van der Waals surface area contributed by atoms with Gasteiger partial charge in [0.15, 0.2) is 0 Å². The molecule has 3 heterocycles. The zero-order valence-corrected chi connectivity index (χ0v) is 16.0. The van der Waals surface area contributed by atoms with Crippen LogP contribution < -0.4 is 15.5 Å². The molecule has 0 radical (unpaired) electrons. The summed E-state index contributed by atoms with van der Waals surface area (Å²) in [4.78, 5) is 18.7. The lowest BCUT2D eigenvalue weighted by Crippen LogP contribution is -2.36. The standard InChI is InChI=1S/C17H26N4O2.2ClH/c22-17(4-1-14-5-7-18-8-6-14)20-15-2-3-16(19-13-15)21-9-11-23-12-10-21;;/h2-3,13-14,18H,1,4-12H2,(H,20,22);2*1H. The van der Waals surface area contributed by atoms with Crippen LogP contribution in [-0.4, -0.2) is 50.3 Å². The smallest absolute Gasteiger partial charge is 0.224 e. The SMILES string of the molecule is Cl.Cl.O=C(CCC1CCNCC1)Nc1ccc(N2CCOCC2)nc1. The van der Waals surface area contributed by atoms with Crippen LogP contribution in [0.25, 0.3) is 0 Å². The first kappa shape index (κ1) is 22.0. The van der Waals surface area contributed by atoms with Gasteiger partial charge in [-0.05, 0) is 50.4 Å². The second-order valence-electron chi connectivity index (χ2n) is 6.28. The number of piperidine rings is 1. The van der Waals surface area contributed by atoms with Gasteiger partial charge in [0.1, 0.15) is 5.82 Å². The summed E-state index contributed by atoms with van der Waals surface area (Å²) in [6.45, 7) is 5.40. The fourth-order valence-electron chi connectivity index (χ4n) is 3.17. The lowest BCUT2D eigenvalue weighted by molar-refractivity contribution is -0.116. The minimum absolute atomic E-state index is 0. The van der Waals surface area contributed by atoms with Crippen LogP contribution >= 0.6 is 24.8 Å². The third kappa shape index (κ3) is 6.98. The summed E-state index contributed by atoms with van der Waals surface area (Å²) in [6, 6.07) is 3.90. The summed E-state index contributed by atoms with van der Waals surface area (Å²) in [7, 11) is 0. The maximum Gasteiger partial charge on any atom is 0.224 e. The molecule has 1 aromatic heterocycles. The molecular weight excluding hydrogens is 363 g/mol. The maximum atomic E-state index is 12.1. The van der Waals surface area contributed by atoms with Crippen molar-refractivity contribution in [2.75, 3.05) is 49.6 Å². The number of aromatic nitrogens is 1. The Morgan fingerprint density at radius 3 is 2.60 bits per heavy atom. The van der Waals surface area contributed by atoms with Crippen molar-refractivity contribution in [3.8, 4) is 0 Å². The van der Waals surface area contributed by atoms with Crippen molar-refractivity contribution >= 4 is 42.2 Å². The van der Waals surface area contributed by atoms with E-state index in [1.165, 1.54) is 12.8 Å².